The van der Waals surface area contributed by atoms with Crippen molar-refractivity contribution in [3.8, 4) is 17.2 Å². The lowest BCUT2D eigenvalue weighted by Crippen LogP contribution is -2.43. The van der Waals surface area contributed by atoms with Crippen molar-refractivity contribution in [2.75, 3.05) is 42.0 Å². The van der Waals surface area contributed by atoms with E-state index in [0.29, 0.717) is 5.75 Å². The van der Waals surface area contributed by atoms with Crippen molar-refractivity contribution in [3.05, 3.63) is 17.2 Å². The second-order valence-electron chi connectivity index (χ2n) is 5.35. The lowest BCUT2D eigenvalue weighted by Gasteiger charge is -2.36. The molecule has 0 bridgehead atoms. The van der Waals surface area contributed by atoms with Gasteiger partial charge in [-0.3, -0.25) is 0 Å². The highest BCUT2D eigenvalue weighted by Crippen LogP contribution is 2.44. The second-order valence-corrected chi connectivity index (χ2v) is 5.35. The fraction of sp³-hybridized carbons (Fsp3) is 0.571. The van der Waals surface area contributed by atoms with Crippen LogP contribution in [0.25, 0.3) is 0 Å². The molecule has 0 radical (unpaired) electrons. The molecule has 0 saturated heterocycles. The van der Waals surface area contributed by atoms with Gasteiger partial charge in [0.1, 0.15) is 6.54 Å². The fourth-order valence-corrected chi connectivity index (χ4v) is 2.59. The number of fused-ring (bicyclic) bond motifs is 1. The number of hydrogen-bond donors (Lipinski definition) is 0. The molecule has 0 unspecified atom stereocenters. The molecule has 1 heterocycles. The second kappa shape index (κ2) is 4.69. The van der Waals surface area contributed by atoms with Crippen molar-refractivity contribution in [3.63, 3.8) is 0 Å². The Morgan fingerprint density at radius 1 is 1.00 bits per heavy atom. The van der Waals surface area contributed by atoms with Gasteiger partial charge in [-0.15, -0.1) is 0 Å². The largest absolute Gasteiger partial charge is 0.493 e. The highest BCUT2D eigenvalue weighted by Gasteiger charge is 2.30. The predicted octanol–water partition coefficient (Wildman–Crippen LogP) is 1.84. The Morgan fingerprint density at radius 3 is 2.22 bits per heavy atom. The van der Waals surface area contributed by atoms with Crippen molar-refractivity contribution in [2.24, 2.45) is 0 Å². The van der Waals surface area contributed by atoms with E-state index in [0.717, 1.165) is 35.5 Å². The van der Waals surface area contributed by atoms with E-state index < -0.39 is 0 Å². The summed E-state index contributed by atoms with van der Waals surface area (Å²) in [6.07, 6.45) is 1.04. The van der Waals surface area contributed by atoms with Crippen LogP contribution >= 0.6 is 0 Å². The molecule has 1 aromatic carbocycles. The average molecular weight is 252 g/mol. The molecule has 0 N–H and O–H groups in total. The summed E-state index contributed by atoms with van der Waals surface area (Å²) in [6, 6.07) is 2.08. The summed E-state index contributed by atoms with van der Waals surface area (Å²) in [5, 5.41) is 0. The van der Waals surface area contributed by atoms with Gasteiger partial charge in [-0.1, -0.05) is 0 Å². The van der Waals surface area contributed by atoms with Crippen LogP contribution < -0.4 is 14.2 Å². The van der Waals surface area contributed by atoms with Gasteiger partial charge in [0.15, 0.2) is 11.5 Å². The highest BCUT2D eigenvalue weighted by molar-refractivity contribution is 5.59. The molecule has 18 heavy (non-hydrogen) atoms. The van der Waals surface area contributed by atoms with Crippen LogP contribution in [0.3, 0.4) is 0 Å². The van der Waals surface area contributed by atoms with Crippen LogP contribution in [-0.2, 0) is 13.0 Å². The van der Waals surface area contributed by atoms with Gasteiger partial charge in [0.05, 0.1) is 47.5 Å². The Balaban J connectivity index is 2.59. The molecule has 100 valence electrons. The minimum Gasteiger partial charge on any atom is -0.493 e. The maximum Gasteiger partial charge on any atom is 0.203 e. The Bertz CT molecular complexity index is 455. The lowest BCUT2D eigenvalue weighted by molar-refractivity contribution is -0.905. The van der Waals surface area contributed by atoms with Gasteiger partial charge >= 0.3 is 0 Å². The van der Waals surface area contributed by atoms with E-state index in [-0.39, 0.29) is 0 Å². The quantitative estimate of drug-likeness (QED) is 0.768. The fourth-order valence-electron chi connectivity index (χ4n) is 2.59. The molecule has 0 saturated carbocycles. The van der Waals surface area contributed by atoms with Crippen LogP contribution in [0, 0.1) is 0 Å². The third kappa shape index (κ3) is 2.12. The molecular weight excluding hydrogens is 230 g/mol. The summed E-state index contributed by atoms with van der Waals surface area (Å²) in [5.74, 6) is 2.26. The standard InChI is InChI=1S/C14H22NO3/c1-15(2)7-6-10-8-12(16-3)14(18-5)13(17-4)11(10)9-15/h8H,6-7,9H2,1-5H3/q+1. The van der Waals surface area contributed by atoms with Gasteiger partial charge in [-0.25, -0.2) is 0 Å². The summed E-state index contributed by atoms with van der Waals surface area (Å²) in [5.41, 5.74) is 2.55. The monoisotopic (exact) mass is 252 g/mol. The first-order valence-corrected chi connectivity index (χ1v) is 6.15. The Morgan fingerprint density at radius 2 is 1.67 bits per heavy atom. The maximum atomic E-state index is 5.56. The zero-order valence-electron chi connectivity index (χ0n) is 11.9. The van der Waals surface area contributed by atoms with E-state index in [2.05, 4.69) is 20.2 Å². The van der Waals surface area contributed by atoms with Crippen LogP contribution in [-0.4, -0.2) is 46.5 Å². The molecule has 0 amide bonds. The molecule has 1 aliphatic heterocycles. The van der Waals surface area contributed by atoms with Crippen molar-refractivity contribution in [1.82, 2.24) is 0 Å². The zero-order valence-corrected chi connectivity index (χ0v) is 11.9. The van der Waals surface area contributed by atoms with Crippen molar-refractivity contribution in [1.29, 1.82) is 0 Å². The summed E-state index contributed by atoms with van der Waals surface area (Å²) in [6.45, 7) is 2.09. The molecular formula is C14H22NO3+. The Kier molecular flexibility index (Phi) is 3.39. The SMILES string of the molecule is COc1cc2c(c(OC)c1OC)C[N+](C)(C)CC2. The smallest absolute Gasteiger partial charge is 0.203 e. The maximum absolute atomic E-state index is 5.56. The van der Waals surface area contributed by atoms with Gasteiger partial charge in [-0.05, 0) is 11.6 Å². The summed E-state index contributed by atoms with van der Waals surface area (Å²) in [4.78, 5) is 0. The van der Waals surface area contributed by atoms with E-state index >= 15 is 0 Å². The first-order chi connectivity index (χ1) is 8.52. The van der Waals surface area contributed by atoms with Crippen LogP contribution in [0.15, 0.2) is 6.07 Å². The molecule has 4 heteroatoms. The van der Waals surface area contributed by atoms with Gasteiger partial charge in [-0.2, -0.15) is 0 Å². The Hall–Kier alpha value is -1.42. The Labute approximate surface area is 109 Å². The van der Waals surface area contributed by atoms with Gasteiger partial charge in [0, 0.05) is 6.42 Å². The molecule has 0 atom stereocenters. The average Bonchev–Trinajstić information content (AvgIpc) is 2.35. The topological polar surface area (TPSA) is 27.7 Å². The third-order valence-corrected chi connectivity index (χ3v) is 3.60. The van der Waals surface area contributed by atoms with Crippen LogP contribution in [0.2, 0.25) is 0 Å². The summed E-state index contributed by atoms with van der Waals surface area (Å²) < 4.78 is 17.3. The minimum atomic E-state index is 0.695. The van der Waals surface area contributed by atoms with Gasteiger partial charge < -0.3 is 18.7 Å². The highest BCUT2D eigenvalue weighted by atomic mass is 16.5. The first-order valence-electron chi connectivity index (χ1n) is 6.15. The predicted molar refractivity (Wildman–Crippen MR) is 70.5 cm³/mol. The number of benzene rings is 1. The minimum absolute atomic E-state index is 0.695. The molecule has 0 fully saturated rings. The molecule has 1 aromatic rings. The van der Waals surface area contributed by atoms with Gasteiger partial charge in [0.2, 0.25) is 5.75 Å². The molecule has 1 aliphatic rings. The van der Waals surface area contributed by atoms with E-state index in [1.165, 1.54) is 11.1 Å². The van der Waals surface area contributed by atoms with Gasteiger partial charge in [0.25, 0.3) is 0 Å². The van der Waals surface area contributed by atoms with Crippen molar-refractivity contribution in [2.45, 2.75) is 13.0 Å². The van der Waals surface area contributed by atoms with E-state index in [9.17, 15) is 0 Å². The molecule has 4 nitrogen and oxygen atoms in total. The van der Waals surface area contributed by atoms with E-state index in [1.807, 2.05) is 0 Å². The van der Waals surface area contributed by atoms with Crippen molar-refractivity contribution >= 4 is 0 Å². The van der Waals surface area contributed by atoms with E-state index in [1.54, 1.807) is 21.3 Å². The van der Waals surface area contributed by atoms with E-state index in [4.69, 9.17) is 14.2 Å². The van der Waals surface area contributed by atoms with Crippen LogP contribution in [0.4, 0.5) is 0 Å². The summed E-state index contributed by atoms with van der Waals surface area (Å²) in [7, 11) is 9.46. The number of hydrogen-bond acceptors (Lipinski definition) is 3. The number of quaternary nitrogens is 1. The lowest BCUT2D eigenvalue weighted by atomic mass is 9.96. The molecule has 0 aliphatic carbocycles. The number of rotatable bonds is 3. The number of nitrogens with zero attached hydrogens (tertiary/aromatic N) is 1. The molecule has 0 spiro atoms. The normalized spacial score (nSPS) is 16.9. The number of ether oxygens (including phenoxy) is 3. The van der Waals surface area contributed by atoms with Crippen molar-refractivity contribution < 1.29 is 18.7 Å². The molecule has 0 aromatic heterocycles. The van der Waals surface area contributed by atoms with Crippen LogP contribution in [0.1, 0.15) is 11.1 Å². The van der Waals surface area contributed by atoms with Crippen LogP contribution in [0.5, 0.6) is 17.2 Å². The number of likely N-dealkylation sites (N-methyl/N-ethyl adjacent to an activating group) is 1. The zero-order chi connectivity index (χ0) is 13.3. The third-order valence-electron chi connectivity index (χ3n) is 3.60. The first kappa shape index (κ1) is 13.0. The molecule has 2 rings (SSSR count). The number of methoxy groups -OCH3 is 3. The summed E-state index contributed by atoms with van der Waals surface area (Å²) >= 11 is 0.